The van der Waals surface area contributed by atoms with E-state index in [0.717, 1.165) is 0 Å². The van der Waals surface area contributed by atoms with Crippen molar-refractivity contribution >= 4 is 35.0 Å². The van der Waals surface area contributed by atoms with Crippen molar-refractivity contribution in [1.82, 2.24) is 9.97 Å². The molecular weight excluding hydrogens is 310 g/mol. The summed E-state index contributed by atoms with van der Waals surface area (Å²) in [6.45, 7) is 4.00. The van der Waals surface area contributed by atoms with Crippen molar-refractivity contribution in [2.75, 3.05) is 12.8 Å². The molecule has 2 aromatic rings. The van der Waals surface area contributed by atoms with Gasteiger partial charge in [-0.2, -0.15) is 0 Å². The first-order valence-electron chi connectivity index (χ1n) is 6.25. The number of hydrogen-bond donors (Lipinski definition) is 1. The van der Waals surface area contributed by atoms with Crippen molar-refractivity contribution in [3.8, 4) is 0 Å². The Labute approximate surface area is 132 Å². The molecule has 0 amide bonds. The van der Waals surface area contributed by atoms with Crippen molar-refractivity contribution in [3.05, 3.63) is 41.3 Å². The van der Waals surface area contributed by atoms with E-state index in [1.165, 1.54) is 25.1 Å². The van der Waals surface area contributed by atoms with E-state index in [4.69, 9.17) is 22.1 Å². The maximum atomic E-state index is 11.7. The highest BCUT2D eigenvalue weighted by Crippen LogP contribution is 2.33. The predicted molar refractivity (Wildman–Crippen MR) is 84.7 cm³/mol. The lowest BCUT2D eigenvalue weighted by molar-refractivity contribution is 0.0597. The van der Waals surface area contributed by atoms with Crippen LogP contribution in [0.25, 0.3) is 0 Å². The van der Waals surface area contributed by atoms with Crippen molar-refractivity contribution in [2.24, 2.45) is 0 Å². The average Bonchev–Trinajstić information content (AvgIpc) is 2.52. The van der Waals surface area contributed by atoms with Gasteiger partial charge in [0.2, 0.25) is 5.28 Å². The number of carbonyl (C=O) groups is 1. The Morgan fingerprint density at radius 1 is 1.33 bits per heavy atom. The van der Waals surface area contributed by atoms with Crippen LogP contribution < -0.4 is 5.73 Å². The quantitative estimate of drug-likeness (QED) is 0.527. The number of hydrogen-bond acceptors (Lipinski definition) is 6. The van der Waals surface area contributed by atoms with Crippen LogP contribution in [-0.4, -0.2) is 23.0 Å². The van der Waals surface area contributed by atoms with Crippen LogP contribution in [0.3, 0.4) is 0 Å². The predicted octanol–water partition coefficient (Wildman–Crippen LogP) is 3.68. The molecule has 0 unspecified atom stereocenters. The number of anilines is 1. The van der Waals surface area contributed by atoms with Gasteiger partial charge < -0.3 is 10.5 Å². The molecule has 1 heterocycles. The third-order valence-corrected chi connectivity index (χ3v) is 3.53. The summed E-state index contributed by atoms with van der Waals surface area (Å²) < 4.78 is 4.73. The van der Waals surface area contributed by atoms with Crippen LogP contribution in [0.5, 0.6) is 0 Å². The Kier molecular flexibility index (Phi) is 6.98. The van der Waals surface area contributed by atoms with Gasteiger partial charge in [-0.25, -0.2) is 14.8 Å². The molecule has 0 aliphatic heterocycles. The van der Waals surface area contributed by atoms with Gasteiger partial charge in [0.05, 0.1) is 24.6 Å². The smallest absolute Gasteiger partial charge is 0.339 e. The molecule has 1 aromatic carbocycles. The van der Waals surface area contributed by atoms with E-state index in [0.29, 0.717) is 21.2 Å². The van der Waals surface area contributed by atoms with Crippen LogP contribution in [0, 0.1) is 0 Å². The molecule has 0 spiro atoms. The zero-order valence-electron chi connectivity index (χ0n) is 12.0. The molecule has 0 atom stereocenters. The van der Waals surface area contributed by atoms with Gasteiger partial charge in [-0.1, -0.05) is 37.7 Å². The summed E-state index contributed by atoms with van der Waals surface area (Å²) in [5.74, 6) is -0.415. The summed E-state index contributed by atoms with van der Waals surface area (Å²) in [7, 11) is 1.33. The summed E-state index contributed by atoms with van der Waals surface area (Å²) in [5, 5.41) is 0.601. The summed E-state index contributed by atoms with van der Waals surface area (Å²) in [6.07, 6.45) is 1.43. The zero-order chi connectivity index (χ0) is 15.8. The molecule has 0 saturated heterocycles. The Morgan fingerprint density at radius 2 is 2.00 bits per heavy atom. The minimum atomic E-state index is -0.415. The van der Waals surface area contributed by atoms with Crippen LogP contribution >= 0.6 is 23.4 Å². The topological polar surface area (TPSA) is 78.1 Å². The second kappa shape index (κ2) is 8.49. The van der Waals surface area contributed by atoms with Gasteiger partial charge >= 0.3 is 5.97 Å². The summed E-state index contributed by atoms with van der Waals surface area (Å²) in [5.41, 5.74) is 6.62. The normalized spacial score (nSPS) is 9.52. The number of halogens is 1. The highest BCUT2D eigenvalue weighted by Gasteiger charge is 2.14. The number of nitrogens with zero attached hydrogens (tertiary/aromatic N) is 2. The van der Waals surface area contributed by atoms with Crippen LogP contribution in [-0.2, 0) is 4.74 Å². The van der Waals surface area contributed by atoms with Gasteiger partial charge in [0.1, 0.15) is 5.03 Å². The minimum absolute atomic E-state index is 0.104. The number of rotatable bonds is 3. The Balaban J connectivity index is 0.00000106. The number of nitrogens with two attached hydrogens (primary N) is 1. The number of aromatic nitrogens is 2. The molecule has 112 valence electrons. The Hall–Kier alpha value is -1.79. The molecule has 2 N–H and O–H groups in total. The fraction of sp³-hybridized carbons (Fsp3) is 0.214. The Morgan fingerprint density at radius 3 is 2.67 bits per heavy atom. The van der Waals surface area contributed by atoms with E-state index in [1.807, 2.05) is 19.9 Å². The number of carbonyl (C=O) groups excluding carboxylic acids is 1. The lowest BCUT2D eigenvalue weighted by Gasteiger charge is -2.08. The minimum Gasteiger partial charge on any atom is -0.465 e. The van der Waals surface area contributed by atoms with E-state index in [9.17, 15) is 4.79 Å². The van der Waals surface area contributed by atoms with Crippen molar-refractivity contribution < 1.29 is 9.53 Å². The van der Waals surface area contributed by atoms with E-state index in [1.54, 1.807) is 18.2 Å². The van der Waals surface area contributed by atoms with Crippen LogP contribution in [0.4, 0.5) is 5.69 Å². The summed E-state index contributed by atoms with van der Waals surface area (Å²) in [4.78, 5) is 20.2. The largest absolute Gasteiger partial charge is 0.465 e. The molecule has 5 nitrogen and oxygen atoms in total. The second-order valence-electron chi connectivity index (χ2n) is 3.49. The molecule has 0 aliphatic rings. The van der Waals surface area contributed by atoms with Crippen LogP contribution in [0.1, 0.15) is 24.2 Å². The summed E-state index contributed by atoms with van der Waals surface area (Å²) in [6, 6.07) is 7.03. The highest BCUT2D eigenvalue weighted by atomic mass is 35.5. The SMILES string of the molecule is CC.COC(=O)c1ccccc1Sc1nc(Cl)ncc1N. The maximum absolute atomic E-state index is 11.7. The molecule has 2 rings (SSSR count). The van der Waals surface area contributed by atoms with E-state index < -0.39 is 5.97 Å². The van der Waals surface area contributed by atoms with Gasteiger partial charge in [-0.05, 0) is 23.7 Å². The molecule has 1 aromatic heterocycles. The fourth-order valence-electron chi connectivity index (χ4n) is 1.38. The van der Waals surface area contributed by atoms with Crippen molar-refractivity contribution in [1.29, 1.82) is 0 Å². The van der Waals surface area contributed by atoms with Gasteiger partial charge in [-0.3, -0.25) is 0 Å². The number of nitrogen functional groups attached to an aromatic ring is 1. The molecule has 0 aliphatic carbocycles. The number of ether oxygens (including phenoxy) is 1. The first kappa shape index (κ1) is 17.3. The van der Waals surface area contributed by atoms with Crippen LogP contribution in [0.15, 0.2) is 40.4 Å². The van der Waals surface area contributed by atoms with E-state index >= 15 is 0 Å². The maximum Gasteiger partial charge on any atom is 0.339 e. The zero-order valence-corrected chi connectivity index (χ0v) is 13.5. The van der Waals surface area contributed by atoms with Crippen molar-refractivity contribution in [3.63, 3.8) is 0 Å². The molecular formula is C14H16ClN3O2S. The van der Waals surface area contributed by atoms with Gasteiger partial charge in [0.15, 0.2) is 0 Å². The van der Waals surface area contributed by atoms with Crippen molar-refractivity contribution in [2.45, 2.75) is 23.8 Å². The third-order valence-electron chi connectivity index (χ3n) is 2.25. The van der Waals surface area contributed by atoms with Gasteiger partial charge in [0.25, 0.3) is 0 Å². The number of esters is 1. The monoisotopic (exact) mass is 325 g/mol. The van der Waals surface area contributed by atoms with Gasteiger partial charge in [0, 0.05) is 4.90 Å². The number of methoxy groups -OCH3 is 1. The highest BCUT2D eigenvalue weighted by molar-refractivity contribution is 7.99. The van der Waals surface area contributed by atoms with Gasteiger partial charge in [-0.15, -0.1) is 0 Å². The third kappa shape index (κ3) is 4.61. The average molecular weight is 326 g/mol. The van der Waals surface area contributed by atoms with E-state index in [2.05, 4.69) is 9.97 Å². The first-order chi connectivity index (χ1) is 10.1. The number of benzene rings is 1. The molecule has 0 saturated carbocycles. The van der Waals surface area contributed by atoms with E-state index in [-0.39, 0.29) is 5.28 Å². The fourth-order valence-corrected chi connectivity index (χ4v) is 2.48. The summed E-state index contributed by atoms with van der Waals surface area (Å²) >= 11 is 6.97. The lowest BCUT2D eigenvalue weighted by atomic mass is 10.2. The molecule has 0 radical (unpaired) electrons. The molecule has 0 fully saturated rings. The Bertz CT molecular complexity index is 623. The molecule has 21 heavy (non-hydrogen) atoms. The first-order valence-corrected chi connectivity index (χ1v) is 7.44. The molecule has 7 heteroatoms. The van der Waals surface area contributed by atoms with Crippen LogP contribution in [0.2, 0.25) is 5.28 Å². The molecule has 0 bridgehead atoms. The second-order valence-corrected chi connectivity index (χ2v) is 4.86. The standard InChI is InChI=1S/C12H10ClN3O2S.C2H6/c1-18-11(17)7-4-2-3-5-9(7)19-10-8(14)6-15-12(13)16-10;1-2/h2-6H,14H2,1H3;1-2H3. The lowest BCUT2D eigenvalue weighted by Crippen LogP contribution is -2.03.